The lowest BCUT2D eigenvalue weighted by molar-refractivity contribution is -0.142. The summed E-state index contributed by atoms with van der Waals surface area (Å²) in [4.78, 5) is 12.4. The Bertz CT molecular complexity index is 1140. The second-order valence-electron chi connectivity index (χ2n) is 10.8. The maximum Gasteiger partial charge on any atom is 0.334 e. The molecule has 3 aromatic rings. The largest absolute Gasteiger partial charge is 0.488 e. The van der Waals surface area contributed by atoms with E-state index in [0.29, 0.717) is 17.1 Å². The molecule has 0 heterocycles. The summed E-state index contributed by atoms with van der Waals surface area (Å²) in [7, 11) is 0. The van der Waals surface area contributed by atoms with Crippen molar-refractivity contribution in [1.82, 2.24) is 0 Å². The molecule has 0 aliphatic carbocycles. The van der Waals surface area contributed by atoms with Gasteiger partial charge in [0.2, 0.25) is 0 Å². The molecule has 0 amide bonds. The maximum absolute atomic E-state index is 12.4. The van der Waals surface area contributed by atoms with Crippen molar-refractivity contribution in [3.63, 3.8) is 0 Å². The van der Waals surface area contributed by atoms with Gasteiger partial charge in [-0.15, -0.1) is 0 Å². The zero-order valence-electron chi connectivity index (χ0n) is 21.8. The monoisotopic (exact) mass is 472 g/mol. The van der Waals surface area contributed by atoms with Crippen LogP contribution >= 0.6 is 0 Å². The van der Waals surface area contributed by atoms with Crippen LogP contribution in [-0.4, -0.2) is 11.6 Å². The molecule has 0 fully saturated rings. The highest BCUT2D eigenvalue weighted by Gasteiger charge is 2.21. The van der Waals surface area contributed by atoms with Crippen LogP contribution in [0.1, 0.15) is 71.3 Å². The average Bonchev–Trinajstić information content (AvgIpc) is 2.78. The zero-order valence-corrected chi connectivity index (χ0v) is 21.8. The highest BCUT2D eigenvalue weighted by molar-refractivity contribution is 5.87. The molecule has 0 aromatic heterocycles. The second-order valence-corrected chi connectivity index (χ2v) is 10.8. The molecule has 0 saturated carbocycles. The molecule has 1 atom stereocenters. The zero-order chi connectivity index (χ0) is 25.8. The van der Waals surface area contributed by atoms with E-state index in [4.69, 9.17) is 14.2 Å². The summed E-state index contributed by atoms with van der Waals surface area (Å²) in [5, 5.41) is 0. The van der Waals surface area contributed by atoms with Crippen LogP contribution in [0.3, 0.4) is 0 Å². The van der Waals surface area contributed by atoms with Gasteiger partial charge < -0.3 is 14.2 Å². The molecule has 35 heavy (non-hydrogen) atoms. The van der Waals surface area contributed by atoms with Crippen molar-refractivity contribution in [2.45, 2.75) is 65.6 Å². The predicted octanol–water partition coefficient (Wildman–Crippen LogP) is 8.16. The van der Waals surface area contributed by atoms with Crippen molar-refractivity contribution in [1.29, 1.82) is 0 Å². The van der Waals surface area contributed by atoms with Crippen molar-refractivity contribution >= 4 is 5.97 Å². The first-order valence-corrected chi connectivity index (χ1v) is 11.9. The van der Waals surface area contributed by atoms with E-state index in [1.807, 2.05) is 81.4 Å². The highest BCUT2D eigenvalue weighted by Crippen LogP contribution is 2.32. The summed E-state index contributed by atoms with van der Waals surface area (Å²) in [6, 6.07) is 23.3. The van der Waals surface area contributed by atoms with Crippen LogP contribution in [0.25, 0.3) is 0 Å². The van der Waals surface area contributed by atoms with Gasteiger partial charge in [0, 0.05) is 5.57 Å². The van der Waals surface area contributed by atoms with Crippen LogP contribution in [0.2, 0.25) is 0 Å². The highest BCUT2D eigenvalue weighted by atomic mass is 16.5. The average molecular weight is 473 g/mol. The summed E-state index contributed by atoms with van der Waals surface area (Å²) in [5.74, 6) is 1.76. The molecular weight excluding hydrogens is 436 g/mol. The Morgan fingerprint density at radius 2 is 1.14 bits per heavy atom. The fourth-order valence-corrected chi connectivity index (χ4v) is 3.47. The fraction of sp³-hybridized carbons (Fsp3) is 0.323. The molecule has 0 radical (unpaired) electrons. The lowest BCUT2D eigenvalue weighted by Crippen LogP contribution is -2.22. The van der Waals surface area contributed by atoms with Gasteiger partial charge in [-0.2, -0.15) is 0 Å². The number of carbonyl (C=O) groups is 1. The van der Waals surface area contributed by atoms with E-state index in [9.17, 15) is 4.79 Å². The number of ether oxygens (including phenoxy) is 3. The van der Waals surface area contributed by atoms with Crippen molar-refractivity contribution in [3.05, 3.63) is 102 Å². The maximum atomic E-state index is 12.4. The summed E-state index contributed by atoms with van der Waals surface area (Å²) in [5.41, 5.74) is 3.11. The van der Waals surface area contributed by atoms with E-state index >= 15 is 0 Å². The first kappa shape index (κ1) is 26.1. The van der Waals surface area contributed by atoms with Crippen LogP contribution in [0.15, 0.2) is 84.9 Å². The molecule has 4 nitrogen and oxygen atoms in total. The Kier molecular flexibility index (Phi) is 7.74. The quantitative estimate of drug-likeness (QED) is 0.257. The standard InChI is InChI=1S/C31H36O4/c1-21(2)29(32)34-28(22-9-13-24(14-10-22)30(3,4)5)23-11-15-25(16-12-23)33-26-17-19-27(20-18-26)35-31(6,7)8/h9-20,28H,1H2,2-8H3. The van der Waals surface area contributed by atoms with E-state index < -0.39 is 12.1 Å². The Balaban J connectivity index is 1.80. The van der Waals surface area contributed by atoms with Crippen molar-refractivity contribution in [2.75, 3.05) is 0 Å². The first-order valence-electron chi connectivity index (χ1n) is 11.9. The molecule has 0 N–H and O–H groups in total. The number of hydrogen-bond acceptors (Lipinski definition) is 4. The lowest BCUT2D eigenvalue weighted by atomic mass is 9.86. The number of carbonyl (C=O) groups excluding carboxylic acids is 1. The van der Waals surface area contributed by atoms with Crippen LogP contribution in [0.5, 0.6) is 17.2 Å². The van der Waals surface area contributed by atoms with Gasteiger partial charge in [-0.05, 0) is 86.2 Å². The third-order valence-corrected chi connectivity index (χ3v) is 5.32. The molecule has 0 aliphatic rings. The van der Waals surface area contributed by atoms with Crippen molar-refractivity contribution < 1.29 is 19.0 Å². The molecule has 0 aliphatic heterocycles. The minimum Gasteiger partial charge on any atom is -0.488 e. The van der Waals surface area contributed by atoms with E-state index in [2.05, 4.69) is 39.5 Å². The molecular formula is C31H36O4. The van der Waals surface area contributed by atoms with Gasteiger partial charge >= 0.3 is 5.97 Å². The van der Waals surface area contributed by atoms with Crippen molar-refractivity contribution in [3.8, 4) is 17.2 Å². The van der Waals surface area contributed by atoms with Gasteiger partial charge in [0.15, 0.2) is 6.10 Å². The Morgan fingerprint density at radius 3 is 1.57 bits per heavy atom. The van der Waals surface area contributed by atoms with Gasteiger partial charge in [-0.25, -0.2) is 4.79 Å². The number of benzene rings is 3. The lowest BCUT2D eigenvalue weighted by Gasteiger charge is -2.22. The van der Waals surface area contributed by atoms with E-state index in [0.717, 1.165) is 16.9 Å². The summed E-state index contributed by atoms with van der Waals surface area (Å²) in [6.07, 6.45) is -0.545. The summed E-state index contributed by atoms with van der Waals surface area (Å²) < 4.78 is 17.7. The van der Waals surface area contributed by atoms with E-state index in [1.54, 1.807) is 6.92 Å². The third-order valence-electron chi connectivity index (χ3n) is 5.32. The normalized spacial score (nSPS) is 12.5. The van der Waals surface area contributed by atoms with Gasteiger partial charge in [-0.1, -0.05) is 63.7 Å². The SMILES string of the molecule is C=C(C)C(=O)OC(c1ccc(Oc2ccc(OC(C)(C)C)cc2)cc1)c1ccc(C(C)(C)C)cc1. The number of esters is 1. The first-order chi connectivity index (χ1) is 16.3. The van der Waals surface area contributed by atoms with E-state index in [-0.39, 0.29) is 11.0 Å². The topological polar surface area (TPSA) is 44.8 Å². The molecule has 3 rings (SSSR count). The molecule has 0 bridgehead atoms. The van der Waals surface area contributed by atoms with Gasteiger partial charge in [-0.3, -0.25) is 0 Å². The second kappa shape index (κ2) is 10.4. The molecule has 0 saturated heterocycles. The smallest absolute Gasteiger partial charge is 0.334 e. The summed E-state index contributed by atoms with van der Waals surface area (Å²) in [6.45, 7) is 17.9. The van der Waals surface area contributed by atoms with Crippen LogP contribution in [0.4, 0.5) is 0 Å². The third kappa shape index (κ3) is 7.48. The van der Waals surface area contributed by atoms with Gasteiger partial charge in [0.25, 0.3) is 0 Å². The Morgan fingerprint density at radius 1 is 0.714 bits per heavy atom. The van der Waals surface area contributed by atoms with Crippen LogP contribution in [0, 0.1) is 0 Å². The van der Waals surface area contributed by atoms with Crippen LogP contribution in [-0.2, 0) is 14.9 Å². The van der Waals surface area contributed by atoms with Gasteiger partial charge in [0.1, 0.15) is 22.8 Å². The molecule has 3 aromatic carbocycles. The van der Waals surface area contributed by atoms with Gasteiger partial charge in [0.05, 0.1) is 0 Å². The number of rotatable bonds is 7. The van der Waals surface area contributed by atoms with Crippen LogP contribution < -0.4 is 9.47 Å². The molecule has 0 spiro atoms. The predicted molar refractivity (Wildman–Crippen MR) is 141 cm³/mol. The minimum absolute atomic E-state index is 0.0401. The van der Waals surface area contributed by atoms with E-state index in [1.165, 1.54) is 5.56 Å². The Labute approximate surface area is 209 Å². The molecule has 4 heteroatoms. The summed E-state index contributed by atoms with van der Waals surface area (Å²) >= 11 is 0. The molecule has 184 valence electrons. The molecule has 1 unspecified atom stereocenters. The Hall–Kier alpha value is -3.53. The number of hydrogen-bond donors (Lipinski definition) is 0. The minimum atomic E-state index is -0.545. The van der Waals surface area contributed by atoms with Crippen molar-refractivity contribution in [2.24, 2.45) is 0 Å². The fourth-order valence-electron chi connectivity index (χ4n) is 3.47.